The van der Waals surface area contributed by atoms with Crippen molar-refractivity contribution in [1.29, 1.82) is 0 Å². The van der Waals surface area contributed by atoms with Crippen molar-refractivity contribution in [3.05, 3.63) is 303 Å². The summed E-state index contributed by atoms with van der Waals surface area (Å²) in [6.45, 7) is 62.3. The van der Waals surface area contributed by atoms with Crippen LogP contribution in [0.3, 0.4) is 0 Å². The summed E-state index contributed by atoms with van der Waals surface area (Å²) in [6, 6.07) is 55.4. The Balaban J connectivity index is 0.000000720. The van der Waals surface area contributed by atoms with E-state index in [4.69, 9.17) is 0 Å². The third kappa shape index (κ3) is 32.2. The number of nitrogens with one attached hydrogen (secondary N) is 1. The summed E-state index contributed by atoms with van der Waals surface area (Å²) >= 11 is 3.57. The lowest BCUT2D eigenvalue weighted by molar-refractivity contribution is 0.584. The van der Waals surface area contributed by atoms with Crippen LogP contribution in [0, 0.1) is 27.7 Å². The normalized spacial score (nSPS) is 11.4. The van der Waals surface area contributed by atoms with Gasteiger partial charge in [0.15, 0.2) is 5.65 Å². The summed E-state index contributed by atoms with van der Waals surface area (Å²) in [5.41, 5.74) is 29.3. The third-order valence-electron chi connectivity index (χ3n) is 20.7. The summed E-state index contributed by atoms with van der Waals surface area (Å²) in [4.78, 5) is 51.3. The first-order valence-electron chi connectivity index (χ1n) is 41.4. The number of aromatic amines is 1. The van der Waals surface area contributed by atoms with Crippen molar-refractivity contribution in [2.24, 2.45) is 4.99 Å². The van der Waals surface area contributed by atoms with Crippen LogP contribution in [-0.2, 0) is 49.9 Å². The van der Waals surface area contributed by atoms with Crippen LogP contribution < -0.4 is 0 Å². The highest BCUT2D eigenvalue weighted by atomic mass is 32.1. The molecule has 15 nitrogen and oxygen atoms in total. The van der Waals surface area contributed by atoms with Gasteiger partial charge in [-0.05, 0) is 224 Å². The largest absolute Gasteiger partial charge is 0.345 e. The second-order valence-electron chi connectivity index (χ2n) is 39.2. The van der Waals surface area contributed by atoms with Gasteiger partial charge < -0.3 is 9.38 Å². The van der Waals surface area contributed by atoms with Gasteiger partial charge in [-0.3, -0.25) is 19.9 Å². The Labute approximate surface area is 786 Å². The number of nitrogens with zero attached hydrogens (tertiary/aromatic N) is 14. The molecule has 0 spiro atoms. The Morgan fingerprint density at radius 2 is 0.915 bits per heavy atom. The number of aromatic nitrogens is 14. The number of fused-ring (bicyclic) bond motifs is 9. The van der Waals surface area contributed by atoms with Crippen molar-refractivity contribution in [2.75, 3.05) is 0 Å². The summed E-state index contributed by atoms with van der Waals surface area (Å²) in [7, 11) is 0. The Morgan fingerprint density at radius 1 is 0.372 bits per heavy atom. The SMILES string of the molecule is C.C.C.C.C.C.C.C.C.CC(C)(C)c1cc2cnccc2s1.CC(C)(C)c1ccc2c(c1)C=NC2.CC(C)(C)c1ccc2nc[nH]c2c1.CC(C)(C)c1ccc2ncccc2c1.CC(C)(C)c1ccc2ncnn2c1.CC(C)(C)c1ccc2ncsc2c1.Cc1ccc2ncc(C)n2c1.Cc1cnc2ccc(C(C)(C)C)cc2n1.Cc1ncnc2ccc(C(C)(C)C)cc12. The zero-order valence-electron chi connectivity index (χ0n) is 76.2. The average Bonchev–Trinajstić information content (AvgIpc) is 1.70. The van der Waals surface area contributed by atoms with Gasteiger partial charge >= 0.3 is 0 Å². The predicted molar refractivity (Wildman–Crippen MR) is 571 cm³/mol. The second kappa shape index (κ2) is 48.0. The van der Waals surface area contributed by atoms with Gasteiger partial charge in [0.2, 0.25) is 0 Å². The third-order valence-corrected chi connectivity index (χ3v) is 23.1. The number of thiazole rings is 1. The van der Waals surface area contributed by atoms with Gasteiger partial charge in [-0.15, -0.1) is 22.7 Å². The van der Waals surface area contributed by atoms with Crippen molar-refractivity contribution in [1.82, 2.24) is 68.8 Å². The lowest BCUT2D eigenvalue weighted by Crippen LogP contribution is -2.12. The van der Waals surface area contributed by atoms with Crippen LogP contribution in [0.4, 0.5) is 0 Å². The second-order valence-corrected chi connectivity index (χ2v) is 41.2. The zero-order valence-corrected chi connectivity index (χ0v) is 77.9. The summed E-state index contributed by atoms with van der Waals surface area (Å²) < 4.78 is 6.52. The lowest BCUT2D eigenvalue weighted by Gasteiger charge is -2.19. The number of benzene rings is 6. The minimum Gasteiger partial charge on any atom is -0.345 e. The molecule has 0 saturated heterocycles. The van der Waals surface area contributed by atoms with Crippen LogP contribution in [0.1, 0.15) is 311 Å². The molecule has 11 aromatic heterocycles. The topological polar surface area (TPSA) is 179 Å². The molecule has 0 bridgehead atoms. The molecule has 18 rings (SSSR count). The molecule has 1 aliphatic heterocycles. The van der Waals surface area contributed by atoms with Gasteiger partial charge in [0, 0.05) is 86.7 Å². The molecule has 0 unspecified atom stereocenters. The number of H-pyrrole nitrogens is 1. The van der Waals surface area contributed by atoms with Crippen molar-refractivity contribution >= 4 is 104 Å². The standard InChI is InChI=1S/2C13H16N2.C13H15N.C12H15N.C11H14N2.2C11H13NS.C10H13N3.C9H10N2.9CH4/c1-9-11-7-10(13(2,3)4)5-6-12(11)15-8-14-9;1-9-8-14-11-6-5-10(13(2,3)4)7-12(11)15-9;1-13(2,3)11-6-7-12-10(9-11)5-4-8-14-12;1-12(2,3)11-5-4-9-7-13-8-10(9)6-11;1-11(2,3)8-4-5-9-10(6-8)13-7-12-9;1-11(2,3)10-6-8-7-12-5-4-9(8)13-10;1-11(2,3)8-4-5-9-10(6-8)13-7-12-9;1-10(2,3)8-4-5-9-11-7-12-13(9)6-8;1-7-3-4-9-10-5-8(2)11(9)6-7;;;;;;;;;/h2*5-8H,1-4H3;4-9H,1-3H3;4-6,8H,7H2,1-3H3;4-7H,1-3H3,(H,12,13);3*4-7H,1-3H3;3-6H,1-2H3;9*1H4. The Hall–Kier alpha value is -11.1. The molecule has 129 heavy (non-hydrogen) atoms. The molecule has 696 valence electrons. The van der Waals surface area contributed by atoms with E-state index in [0.717, 1.165) is 73.2 Å². The van der Waals surface area contributed by atoms with E-state index in [1.54, 1.807) is 41.0 Å². The maximum Gasteiger partial charge on any atom is 0.155 e. The number of rotatable bonds is 0. The summed E-state index contributed by atoms with van der Waals surface area (Å²) in [6.07, 6.45) is 20.3. The maximum atomic E-state index is 4.49. The van der Waals surface area contributed by atoms with Gasteiger partial charge in [-0.1, -0.05) is 294 Å². The number of hydrogen-bond acceptors (Lipinski definition) is 14. The van der Waals surface area contributed by atoms with Crippen molar-refractivity contribution in [3.8, 4) is 0 Å². The Bertz CT molecular complexity index is 6060. The zero-order chi connectivity index (χ0) is 87.5. The minimum absolute atomic E-state index is 0. The molecular formula is C112H161N15S2. The molecule has 0 fully saturated rings. The molecule has 0 saturated carbocycles. The molecule has 6 aromatic carbocycles. The van der Waals surface area contributed by atoms with Crippen molar-refractivity contribution in [3.63, 3.8) is 0 Å². The van der Waals surface area contributed by atoms with Crippen LogP contribution in [0.2, 0.25) is 0 Å². The fourth-order valence-corrected chi connectivity index (χ4v) is 14.6. The van der Waals surface area contributed by atoms with Crippen molar-refractivity contribution < 1.29 is 0 Å². The Morgan fingerprint density at radius 3 is 1.53 bits per heavy atom. The summed E-state index contributed by atoms with van der Waals surface area (Å²) in [5, 5.41) is 7.74. The van der Waals surface area contributed by atoms with Crippen LogP contribution >= 0.6 is 22.7 Å². The number of imidazole rings is 2. The maximum absolute atomic E-state index is 4.49. The molecule has 0 amide bonds. The number of thiophene rings is 1. The highest BCUT2D eigenvalue weighted by Crippen LogP contribution is 2.35. The van der Waals surface area contributed by atoms with Gasteiger partial charge in [0.25, 0.3) is 0 Å². The van der Waals surface area contributed by atoms with Gasteiger partial charge in [0.05, 0.1) is 67.4 Å². The lowest BCUT2D eigenvalue weighted by atomic mass is 9.85. The van der Waals surface area contributed by atoms with Gasteiger partial charge in [-0.2, -0.15) is 5.10 Å². The summed E-state index contributed by atoms with van der Waals surface area (Å²) in [5.74, 6) is 0. The molecule has 0 atom stereocenters. The first-order valence-corrected chi connectivity index (χ1v) is 43.1. The number of pyridine rings is 4. The molecule has 0 radical (unpaired) electrons. The molecule has 1 aliphatic rings. The van der Waals surface area contributed by atoms with Crippen LogP contribution in [0.15, 0.2) is 231 Å². The highest BCUT2D eigenvalue weighted by Gasteiger charge is 2.22. The smallest absolute Gasteiger partial charge is 0.155 e. The molecule has 17 aromatic rings. The van der Waals surface area contributed by atoms with E-state index < -0.39 is 0 Å². The van der Waals surface area contributed by atoms with Crippen LogP contribution in [-0.4, -0.2) is 75.1 Å². The van der Waals surface area contributed by atoms with E-state index in [1.165, 1.54) is 86.4 Å². The highest BCUT2D eigenvalue weighted by molar-refractivity contribution is 7.19. The number of aliphatic imine (C=N–C) groups is 1. The quantitative estimate of drug-likeness (QED) is 0.153. The Kier molecular flexibility index (Phi) is 43.1. The van der Waals surface area contributed by atoms with Crippen LogP contribution in [0.25, 0.3) is 75.5 Å². The van der Waals surface area contributed by atoms with Gasteiger partial charge in [-0.25, -0.2) is 39.4 Å². The van der Waals surface area contributed by atoms with E-state index in [0.29, 0.717) is 0 Å². The van der Waals surface area contributed by atoms with E-state index in [1.807, 2.05) is 92.2 Å². The number of hydrogen-bond donors (Lipinski definition) is 1. The van der Waals surface area contributed by atoms with E-state index in [-0.39, 0.29) is 110 Å². The average molecular weight is 1780 g/mol. The van der Waals surface area contributed by atoms with Crippen molar-refractivity contribution in [2.45, 2.75) is 311 Å². The fraction of sp³-hybridized carbons (Fsp3) is 0.411. The van der Waals surface area contributed by atoms with E-state index in [2.05, 4.69) is 389 Å². The monoisotopic (exact) mass is 1780 g/mol. The fourth-order valence-electron chi connectivity index (χ4n) is 12.8. The molecule has 17 heteroatoms. The van der Waals surface area contributed by atoms with Crippen LogP contribution in [0.5, 0.6) is 0 Å². The van der Waals surface area contributed by atoms with E-state index in [9.17, 15) is 0 Å². The number of aryl methyl sites for hydroxylation is 4. The molecule has 1 N–H and O–H groups in total. The molecule has 12 heterocycles. The predicted octanol–water partition coefficient (Wildman–Crippen LogP) is 32.7. The van der Waals surface area contributed by atoms with E-state index >= 15 is 0 Å². The first-order chi connectivity index (χ1) is 56.1. The minimum atomic E-state index is 0. The molecule has 0 aliphatic carbocycles. The molecular weight excluding hydrogens is 1620 g/mol. The first kappa shape index (κ1) is 116. The van der Waals surface area contributed by atoms with Gasteiger partial charge in [0.1, 0.15) is 18.3 Å².